The van der Waals surface area contributed by atoms with Crippen molar-refractivity contribution in [3.05, 3.63) is 33.3 Å². The van der Waals surface area contributed by atoms with Gasteiger partial charge in [-0.2, -0.15) is 0 Å². The normalized spacial score (nSPS) is 19.3. The molecule has 1 amide bonds. The Bertz CT molecular complexity index is 500. The lowest BCUT2D eigenvalue weighted by atomic mass is 9.96. The lowest BCUT2D eigenvalue weighted by Gasteiger charge is -2.35. The van der Waals surface area contributed by atoms with Gasteiger partial charge >= 0.3 is 0 Å². The Morgan fingerprint density at radius 1 is 1.33 bits per heavy atom. The predicted molar refractivity (Wildman–Crippen MR) is 71.9 cm³/mol. The second-order valence-electron chi connectivity index (χ2n) is 4.89. The number of carbonyl (C=O) groups is 1. The minimum Gasteiger partial charge on any atom is -0.338 e. The molecule has 1 saturated heterocycles. The molecule has 3 rings (SSSR count). The Balaban J connectivity index is 1.82. The summed E-state index contributed by atoms with van der Waals surface area (Å²) in [6.07, 6.45) is 0.835. The molecule has 0 unspecified atom stereocenters. The molecule has 2 heterocycles. The van der Waals surface area contributed by atoms with Gasteiger partial charge in [0.25, 0.3) is 0 Å². The maximum Gasteiger partial charge on any atom is 0.228 e. The molecule has 0 atom stereocenters. The monoisotopic (exact) mass is 284 g/mol. The molecule has 3 nitrogen and oxygen atoms in total. The third-order valence-electron chi connectivity index (χ3n) is 3.70. The fourth-order valence-corrected chi connectivity index (χ4v) is 3.09. The van der Waals surface area contributed by atoms with Crippen LogP contribution < -0.4 is 5.32 Å². The summed E-state index contributed by atoms with van der Waals surface area (Å²) < 4.78 is 0. The average Bonchev–Trinajstić information content (AvgIpc) is 2.26. The smallest absolute Gasteiger partial charge is 0.228 e. The molecule has 1 aromatic rings. The summed E-state index contributed by atoms with van der Waals surface area (Å²) in [7, 11) is 0. The summed E-state index contributed by atoms with van der Waals surface area (Å²) in [6.45, 7) is 2.98. The largest absolute Gasteiger partial charge is 0.338 e. The summed E-state index contributed by atoms with van der Waals surface area (Å²) in [5.74, 6) is 0.392. The van der Waals surface area contributed by atoms with E-state index in [9.17, 15) is 4.79 Å². The summed E-state index contributed by atoms with van der Waals surface area (Å²) in [5, 5.41) is 4.46. The first kappa shape index (κ1) is 12.3. The maximum atomic E-state index is 12.2. The van der Waals surface area contributed by atoms with Crippen molar-refractivity contribution in [2.75, 3.05) is 19.6 Å². The number of rotatable bonds is 1. The quantitative estimate of drug-likeness (QED) is 0.857. The van der Waals surface area contributed by atoms with Gasteiger partial charge in [-0.15, -0.1) is 0 Å². The highest BCUT2D eigenvalue weighted by Gasteiger charge is 2.31. The van der Waals surface area contributed by atoms with Crippen molar-refractivity contribution in [1.82, 2.24) is 10.2 Å². The van der Waals surface area contributed by atoms with E-state index in [1.54, 1.807) is 6.07 Å². The van der Waals surface area contributed by atoms with Gasteiger partial charge in [0.15, 0.2) is 0 Å². The summed E-state index contributed by atoms with van der Waals surface area (Å²) in [6, 6.07) is 3.70. The molecule has 5 heteroatoms. The summed E-state index contributed by atoms with van der Waals surface area (Å²) in [5.41, 5.74) is 2.22. The zero-order chi connectivity index (χ0) is 12.7. The van der Waals surface area contributed by atoms with Gasteiger partial charge in [-0.05, 0) is 29.7 Å². The average molecular weight is 285 g/mol. The van der Waals surface area contributed by atoms with E-state index >= 15 is 0 Å². The molecule has 0 saturated carbocycles. The van der Waals surface area contributed by atoms with Crippen LogP contribution in [0.5, 0.6) is 0 Å². The van der Waals surface area contributed by atoms with E-state index in [-0.39, 0.29) is 11.8 Å². The highest BCUT2D eigenvalue weighted by molar-refractivity contribution is 6.35. The van der Waals surface area contributed by atoms with Gasteiger partial charge in [0, 0.05) is 36.2 Å². The molecular formula is C13H14Cl2N2O. The number of halogens is 2. The number of hydrogen-bond donors (Lipinski definition) is 1. The van der Waals surface area contributed by atoms with Gasteiger partial charge in [-0.3, -0.25) is 4.79 Å². The van der Waals surface area contributed by atoms with Crippen LogP contribution in [0.3, 0.4) is 0 Å². The summed E-state index contributed by atoms with van der Waals surface area (Å²) >= 11 is 12.2. The van der Waals surface area contributed by atoms with Crippen LogP contribution in [0.25, 0.3) is 0 Å². The SMILES string of the molecule is O=C(C1CNC1)N1CCc2cc(Cl)cc(Cl)c2C1. The van der Waals surface area contributed by atoms with Crippen LogP contribution >= 0.6 is 23.2 Å². The van der Waals surface area contributed by atoms with Crippen LogP contribution in [0.1, 0.15) is 11.1 Å². The molecule has 0 aliphatic carbocycles. The number of fused-ring (bicyclic) bond motifs is 1. The Kier molecular flexibility index (Phi) is 3.22. The number of nitrogens with zero attached hydrogens (tertiary/aromatic N) is 1. The number of amides is 1. The maximum absolute atomic E-state index is 12.2. The molecule has 1 N–H and O–H groups in total. The lowest BCUT2D eigenvalue weighted by molar-refractivity contribution is -0.138. The zero-order valence-corrected chi connectivity index (χ0v) is 11.4. The number of carbonyl (C=O) groups excluding carboxylic acids is 1. The van der Waals surface area contributed by atoms with E-state index in [1.165, 1.54) is 5.56 Å². The van der Waals surface area contributed by atoms with Crippen molar-refractivity contribution in [2.24, 2.45) is 5.92 Å². The lowest BCUT2D eigenvalue weighted by Crippen LogP contribution is -2.52. The molecule has 2 aliphatic rings. The van der Waals surface area contributed by atoms with Crippen LogP contribution in [-0.4, -0.2) is 30.4 Å². The van der Waals surface area contributed by atoms with Gasteiger partial charge in [-0.25, -0.2) is 0 Å². The minimum atomic E-state index is 0.151. The van der Waals surface area contributed by atoms with Gasteiger partial charge in [0.05, 0.1) is 5.92 Å². The fourth-order valence-electron chi connectivity index (χ4n) is 2.49. The molecule has 96 valence electrons. The van der Waals surface area contributed by atoms with Crippen LogP contribution in [0, 0.1) is 5.92 Å². The van der Waals surface area contributed by atoms with Crippen molar-refractivity contribution >= 4 is 29.1 Å². The van der Waals surface area contributed by atoms with E-state index in [2.05, 4.69) is 5.32 Å². The van der Waals surface area contributed by atoms with Crippen molar-refractivity contribution in [3.8, 4) is 0 Å². The van der Waals surface area contributed by atoms with E-state index in [4.69, 9.17) is 23.2 Å². The third kappa shape index (κ3) is 2.11. The minimum absolute atomic E-state index is 0.151. The second-order valence-corrected chi connectivity index (χ2v) is 5.73. The van der Waals surface area contributed by atoms with E-state index in [0.29, 0.717) is 16.6 Å². The van der Waals surface area contributed by atoms with E-state index in [0.717, 1.165) is 31.6 Å². The molecule has 1 aromatic carbocycles. The highest BCUT2D eigenvalue weighted by Crippen LogP contribution is 2.30. The second kappa shape index (κ2) is 4.72. The number of nitrogens with one attached hydrogen (secondary N) is 1. The Labute approximate surface area is 116 Å². The number of hydrogen-bond acceptors (Lipinski definition) is 2. The van der Waals surface area contributed by atoms with Crippen molar-refractivity contribution in [1.29, 1.82) is 0 Å². The predicted octanol–water partition coefficient (Wildman–Crippen LogP) is 2.10. The molecule has 0 bridgehead atoms. The Morgan fingerprint density at radius 2 is 2.11 bits per heavy atom. The first-order valence-electron chi connectivity index (χ1n) is 6.11. The number of benzene rings is 1. The fraction of sp³-hybridized carbons (Fsp3) is 0.462. The van der Waals surface area contributed by atoms with E-state index < -0.39 is 0 Å². The van der Waals surface area contributed by atoms with Gasteiger partial charge in [-0.1, -0.05) is 23.2 Å². The van der Waals surface area contributed by atoms with Gasteiger partial charge in [0.2, 0.25) is 5.91 Å². The first-order valence-corrected chi connectivity index (χ1v) is 6.87. The van der Waals surface area contributed by atoms with Crippen molar-refractivity contribution in [3.63, 3.8) is 0 Å². The molecule has 0 spiro atoms. The van der Waals surface area contributed by atoms with E-state index in [1.807, 2.05) is 11.0 Å². The topological polar surface area (TPSA) is 32.3 Å². The van der Waals surface area contributed by atoms with Crippen molar-refractivity contribution < 1.29 is 4.79 Å². The molecular weight excluding hydrogens is 271 g/mol. The first-order chi connectivity index (χ1) is 8.65. The zero-order valence-electron chi connectivity index (χ0n) is 9.88. The van der Waals surface area contributed by atoms with Gasteiger partial charge in [0.1, 0.15) is 0 Å². The van der Waals surface area contributed by atoms with Crippen LogP contribution in [0.2, 0.25) is 10.0 Å². The third-order valence-corrected chi connectivity index (χ3v) is 4.25. The van der Waals surface area contributed by atoms with Gasteiger partial charge < -0.3 is 10.2 Å². The Hall–Kier alpha value is -0.770. The van der Waals surface area contributed by atoms with Crippen LogP contribution in [0.4, 0.5) is 0 Å². The molecule has 0 radical (unpaired) electrons. The molecule has 1 fully saturated rings. The molecule has 18 heavy (non-hydrogen) atoms. The van der Waals surface area contributed by atoms with Crippen molar-refractivity contribution in [2.45, 2.75) is 13.0 Å². The molecule has 2 aliphatic heterocycles. The summed E-state index contributed by atoms with van der Waals surface area (Å²) in [4.78, 5) is 14.1. The van der Waals surface area contributed by atoms with Crippen LogP contribution in [0.15, 0.2) is 12.1 Å². The molecule has 0 aromatic heterocycles. The van der Waals surface area contributed by atoms with Crippen LogP contribution in [-0.2, 0) is 17.8 Å². The Morgan fingerprint density at radius 3 is 2.78 bits per heavy atom. The highest BCUT2D eigenvalue weighted by atomic mass is 35.5. The standard InChI is InChI=1S/C13H14Cl2N2O/c14-10-3-8-1-2-17(7-11(8)12(15)4-10)13(18)9-5-16-6-9/h3-4,9,16H,1-2,5-7H2.